The van der Waals surface area contributed by atoms with Crippen molar-refractivity contribution in [3.63, 3.8) is 0 Å². The zero-order valence-corrected chi connectivity index (χ0v) is 19.4. The van der Waals surface area contributed by atoms with E-state index in [1.54, 1.807) is 18.2 Å². The Morgan fingerprint density at radius 3 is 2.70 bits per heavy atom. The van der Waals surface area contributed by atoms with Crippen LogP contribution in [0.2, 0.25) is 0 Å². The maximum absolute atomic E-state index is 13.3. The molecule has 0 aliphatic carbocycles. The second-order valence-electron chi connectivity index (χ2n) is 8.98. The van der Waals surface area contributed by atoms with Gasteiger partial charge >= 0.3 is 7.12 Å². The SMILES string of the molecule is Cc1sc(C(=O)N2CCC3(CC2)COc2ccc(CN)cc23)cc1-c1cccc(B(O)O)c1. The molecule has 2 aliphatic rings. The van der Waals surface area contributed by atoms with Gasteiger partial charge in [-0.3, -0.25) is 4.79 Å². The van der Waals surface area contributed by atoms with E-state index in [-0.39, 0.29) is 11.3 Å². The van der Waals surface area contributed by atoms with E-state index in [2.05, 4.69) is 6.07 Å². The lowest BCUT2D eigenvalue weighted by Gasteiger charge is -2.38. The van der Waals surface area contributed by atoms with Gasteiger partial charge in [-0.15, -0.1) is 11.3 Å². The van der Waals surface area contributed by atoms with Crippen molar-refractivity contribution in [2.24, 2.45) is 5.73 Å². The molecule has 1 amide bonds. The minimum Gasteiger partial charge on any atom is -0.492 e. The van der Waals surface area contributed by atoms with Gasteiger partial charge in [-0.1, -0.05) is 36.4 Å². The number of aryl methyl sites for hydroxylation is 1. The van der Waals surface area contributed by atoms with E-state index >= 15 is 0 Å². The first kappa shape index (κ1) is 22.2. The summed E-state index contributed by atoms with van der Waals surface area (Å²) < 4.78 is 5.99. The Morgan fingerprint density at radius 2 is 1.97 bits per heavy atom. The van der Waals surface area contributed by atoms with Crippen molar-refractivity contribution >= 4 is 29.8 Å². The van der Waals surface area contributed by atoms with Crippen molar-refractivity contribution in [3.8, 4) is 16.9 Å². The molecular weight excluding hydrogens is 435 g/mol. The average Bonchev–Trinajstić information content (AvgIpc) is 3.40. The van der Waals surface area contributed by atoms with Gasteiger partial charge in [0, 0.05) is 35.5 Å². The fourth-order valence-corrected chi connectivity index (χ4v) is 6.00. The number of benzene rings is 2. The number of nitrogens with two attached hydrogens (primary N) is 1. The van der Waals surface area contributed by atoms with E-state index in [9.17, 15) is 14.8 Å². The van der Waals surface area contributed by atoms with E-state index in [1.807, 2.05) is 36.1 Å². The van der Waals surface area contributed by atoms with Crippen molar-refractivity contribution in [1.82, 2.24) is 4.90 Å². The van der Waals surface area contributed by atoms with Crippen LogP contribution in [-0.2, 0) is 12.0 Å². The van der Waals surface area contributed by atoms with Crippen LogP contribution in [0.1, 0.15) is 38.5 Å². The van der Waals surface area contributed by atoms with Crippen molar-refractivity contribution in [3.05, 3.63) is 69.4 Å². The monoisotopic (exact) mass is 462 g/mol. The summed E-state index contributed by atoms with van der Waals surface area (Å²) in [5.74, 6) is 0.998. The molecule has 3 heterocycles. The zero-order chi connectivity index (χ0) is 23.2. The minimum atomic E-state index is -1.52. The highest BCUT2D eigenvalue weighted by atomic mass is 32.1. The molecule has 170 valence electrons. The molecule has 0 unspecified atom stereocenters. The molecule has 1 fully saturated rings. The summed E-state index contributed by atoms with van der Waals surface area (Å²) in [5.41, 5.74) is 10.4. The molecule has 0 radical (unpaired) electrons. The Bertz CT molecular complexity index is 1200. The average molecular weight is 462 g/mol. The van der Waals surface area contributed by atoms with Crippen LogP contribution >= 0.6 is 11.3 Å². The lowest BCUT2D eigenvalue weighted by Crippen LogP contribution is -2.45. The number of carbonyl (C=O) groups excluding carboxylic acids is 1. The quantitative estimate of drug-likeness (QED) is 0.518. The van der Waals surface area contributed by atoms with Crippen molar-refractivity contribution in [2.45, 2.75) is 31.7 Å². The highest BCUT2D eigenvalue weighted by Crippen LogP contribution is 2.46. The van der Waals surface area contributed by atoms with Crippen LogP contribution in [-0.4, -0.2) is 47.7 Å². The Labute approximate surface area is 197 Å². The van der Waals surface area contributed by atoms with Gasteiger partial charge in [0.05, 0.1) is 11.5 Å². The number of nitrogens with zero attached hydrogens (tertiary/aromatic N) is 1. The molecule has 0 atom stereocenters. The summed E-state index contributed by atoms with van der Waals surface area (Å²) in [6, 6.07) is 15.3. The maximum Gasteiger partial charge on any atom is 0.488 e. The molecule has 4 N–H and O–H groups in total. The van der Waals surface area contributed by atoms with E-state index in [0.717, 1.165) is 40.2 Å². The molecule has 8 heteroatoms. The van der Waals surface area contributed by atoms with Gasteiger partial charge in [0.1, 0.15) is 5.75 Å². The summed E-state index contributed by atoms with van der Waals surface area (Å²) in [6.45, 7) is 4.54. The highest BCUT2D eigenvalue weighted by molar-refractivity contribution is 7.14. The van der Waals surface area contributed by atoms with Crippen LogP contribution < -0.4 is 15.9 Å². The Kier molecular flexibility index (Phi) is 5.78. The smallest absolute Gasteiger partial charge is 0.488 e. The molecule has 3 aromatic rings. The molecular formula is C25H27BN2O4S. The van der Waals surface area contributed by atoms with Crippen LogP contribution in [0.5, 0.6) is 5.75 Å². The first-order valence-corrected chi connectivity index (χ1v) is 12.0. The number of fused-ring (bicyclic) bond motifs is 2. The number of thiophene rings is 1. The van der Waals surface area contributed by atoms with Gasteiger partial charge in [0.25, 0.3) is 5.91 Å². The number of ether oxygens (including phenoxy) is 1. The van der Waals surface area contributed by atoms with E-state index in [4.69, 9.17) is 10.5 Å². The molecule has 1 aromatic heterocycles. The lowest BCUT2D eigenvalue weighted by molar-refractivity contribution is 0.0651. The Morgan fingerprint density at radius 1 is 1.18 bits per heavy atom. The number of rotatable bonds is 4. The van der Waals surface area contributed by atoms with Crippen molar-refractivity contribution in [1.29, 1.82) is 0 Å². The number of piperidine rings is 1. The van der Waals surface area contributed by atoms with Crippen molar-refractivity contribution < 1.29 is 19.6 Å². The summed E-state index contributed by atoms with van der Waals surface area (Å²) >= 11 is 1.49. The third kappa shape index (κ3) is 3.97. The van der Waals surface area contributed by atoms with E-state index in [0.29, 0.717) is 36.6 Å². The summed E-state index contributed by atoms with van der Waals surface area (Å²) in [5, 5.41) is 19.0. The fraction of sp³-hybridized carbons (Fsp3) is 0.320. The third-order valence-corrected chi connectivity index (χ3v) is 8.03. The molecule has 0 bridgehead atoms. The van der Waals surface area contributed by atoms with Crippen LogP contribution in [0, 0.1) is 6.92 Å². The summed E-state index contributed by atoms with van der Waals surface area (Å²) in [4.78, 5) is 17.0. The zero-order valence-electron chi connectivity index (χ0n) is 18.6. The molecule has 5 rings (SSSR count). The Balaban J connectivity index is 1.33. The first-order chi connectivity index (χ1) is 15.9. The molecule has 2 aromatic carbocycles. The van der Waals surface area contributed by atoms with Gasteiger partial charge in [0.15, 0.2) is 0 Å². The lowest BCUT2D eigenvalue weighted by atomic mass is 9.74. The second-order valence-corrected chi connectivity index (χ2v) is 10.2. The molecule has 0 saturated carbocycles. The number of carbonyl (C=O) groups is 1. The highest BCUT2D eigenvalue weighted by Gasteiger charge is 2.44. The van der Waals surface area contributed by atoms with Crippen molar-refractivity contribution in [2.75, 3.05) is 19.7 Å². The fourth-order valence-electron chi connectivity index (χ4n) is 4.99. The topological polar surface area (TPSA) is 96.0 Å². The molecule has 6 nitrogen and oxygen atoms in total. The van der Waals surface area contributed by atoms with E-state index in [1.165, 1.54) is 16.9 Å². The summed E-state index contributed by atoms with van der Waals surface area (Å²) in [7, 11) is -1.52. The largest absolute Gasteiger partial charge is 0.492 e. The number of hydrogen-bond acceptors (Lipinski definition) is 6. The molecule has 33 heavy (non-hydrogen) atoms. The third-order valence-electron chi connectivity index (χ3n) is 6.99. The molecule has 1 saturated heterocycles. The number of amides is 1. The van der Waals surface area contributed by atoms with Crippen LogP contribution in [0.3, 0.4) is 0 Å². The first-order valence-electron chi connectivity index (χ1n) is 11.2. The second kappa shape index (κ2) is 8.61. The van der Waals surface area contributed by atoms with Gasteiger partial charge in [0.2, 0.25) is 0 Å². The van der Waals surface area contributed by atoms with Gasteiger partial charge < -0.3 is 25.4 Å². The standard InChI is InChI=1S/C25H27BN2O4S/c1-16-20(18-3-2-4-19(12-18)26(30)31)13-23(33-16)24(29)28-9-7-25(8-10-28)15-32-22-6-5-17(14-27)11-21(22)25/h2-6,11-13,30-31H,7-10,14-15,27H2,1H3. The predicted molar refractivity (Wildman–Crippen MR) is 131 cm³/mol. The van der Waals surface area contributed by atoms with Gasteiger partial charge in [-0.05, 0) is 54.1 Å². The predicted octanol–water partition coefficient (Wildman–Crippen LogP) is 2.43. The van der Waals surface area contributed by atoms with Gasteiger partial charge in [-0.2, -0.15) is 0 Å². The number of likely N-dealkylation sites (tertiary alicyclic amines) is 1. The van der Waals surface area contributed by atoms with E-state index < -0.39 is 7.12 Å². The van der Waals surface area contributed by atoms with Crippen LogP contribution in [0.15, 0.2) is 48.5 Å². The molecule has 1 spiro atoms. The van der Waals surface area contributed by atoms with Crippen LogP contribution in [0.4, 0.5) is 0 Å². The Hall–Kier alpha value is -2.65. The van der Waals surface area contributed by atoms with Crippen LogP contribution in [0.25, 0.3) is 11.1 Å². The maximum atomic E-state index is 13.3. The number of hydrogen-bond donors (Lipinski definition) is 3. The normalized spacial score (nSPS) is 16.5. The molecule has 2 aliphatic heterocycles. The minimum absolute atomic E-state index is 0.0423. The van der Waals surface area contributed by atoms with Gasteiger partial charge in [-0.25, -0.2) is 0 Å². The summed E-state index contributed by atoms with van der Waals surface area (Å²) in [6.07, 6.45) is 1.74.